The van der Waals surface area contributed by atoms with Crippen LogP contribution in [-0.4, -0.2) is 53.2 Å². The maximum absolute atomic E-state index is 12.6. The molecule has 1 aliphatic heterocycles. The Kier molecular flexibility index (Phi) is 4.57. The largest absolute Gasteiger partial charge is 0.378 e. The van der Waals surface area contributed by atoms with Crippen molar-refractivity contribution in [1.82, 2.24) is 4.31 Å². The minimum absolute atomic E-state index is 0.0601. The highest BCUT2D eigenvalue weighted by molar-refractivity contribution is 7.92. The Labute approximate surface area is 125 Å². The molecule has 1 saturated heterocycles. The second-order valence-electron chi connectivity index (χ2n) is 4.94. The summed E-state index contributed by atoms with van der Waals surface area (Å²) in [6.45, 7) is 2.76. The number of nitrogens with zero attached hydrogens (tertiary/aromatic N) is 1. The number of rotatable bonds is 4. The van der Waals surface area contributed by atoms with Crippen molar-refractivity contribution >= 4 is 25.7 Å². The van der Waals surface area contributed by atoms with E-state index in [0.717, 1.165) is 6.26 Å². The standard InChI is InChI=1S/C12H18N2O5S2/c1-10-9-19-7-6-14(10)21(17,18)12-5-3-4-11(8-12)13-20(2,15)16/h3-5,8,10,13H,6-7,9H2,1-2H3. The van der Waals surface area contributed by atoms with Gasteiger partial charge in [0.1, 0.15) is 0 Å². The molecular formula is C12H18N2O5S2. The topological polar surface area (TPSA) is 92.8 Å². The van der Waals surface area contributed by atoms with Gasteiger partial charge in [-0.25, -0.2) is 16.8 Å². The van der Waals surface area contributed by atoms with Crippen molar-refractivity contribution in [2.24, 2.45) is 0 Å². The molecule has 1 N–H and O–H groups in total. The van der Waals surface area contributed by atoms with Gasteiger partial charge < -0.3 is 4.74 Å². The third kappa shape index (κ3) is 3.94. The Morgan fingerprint density at radius 1 is 1.29 bits per heavy atom. The van der Waals surface area contributed by atoms with Gasteiger partial charge in [0.25, 0.3) is 0 Å². The summed E-state index contributed by atoms with van der Waals surface area (Å²) in [6.07, 6.45) is 1.01. The van der Waals surface area contributed by atoms with Crippen molar-refractivity contribution in [3.05, 3.63) is 24.3 Å². The molecule has 0 radical (unpaired) electrons. The molecule has 1 aliphatic rings. The lowest BCUT2D eigenvalue weighted by Crippen LogP contribution is -2.46. The maximum Gasteiger partial charge on any atom is 0.243 e. The van der Waals surface area contributed by atoms with E-state index < -0.39 is 20.0 Å². The predicted molar refractivity (Wildman–Crippen MR) is 79.1 cm³/mol. The highest BCUT2D eigenvalue weighted by atomic mass is 32.2. The van der Waals surface area contributed by atoms with E-state index in [-0.39, 0.29) is 23.2 Å². The van der Waals surface area contributed by atoms with Crippen LogP contribution >= 0.6 is 0 Å². The summed E-state index contributed by atoms with van der Waals surface area (Å²) in [7, 11) is -7.12. The molecule has 9 heteroatoms. The molecule has 2 rings (SSSR count). The molecule has 0 aromatic heterocycles. The number of ether oxygens (including phenoxy) is 1. The minimum atomic E-state index is -3.67. The third-order valence-corrected chi connectivity index (χ3v) is 5.67. The summed E-state index contributed by atoms with van der Waals surface area (Å²) in [6, 6.07) is 5.52. The summed E-state index contributed by atoms with van der Waals surface area (Å²) < 4.78 is 56.6. The Morgan fingerprint density at radius 3 is 2.62 bits per heavy atom. The van der Waals surface area contributed by atoms with Gasteiger partial charge in [0, 0.05) is 18.3 Å². The summed E-state index contributed by atoms with van der Waals surface area (Å²) >= 11 is 0. The summed E-state index contributed by atoms with van der Waals surface area (Å²) in [5.74, 6) is 0. The Morgan fingerprint density at radius 2 is 2.00 bits per heavy atom. The van der Waals surface area contributed by atoms with Crippen LogP contribution in [0.5, 0.6) is 0 Å². The molecule has 1 aromatic rings. The van der Waals surface area contributed by atoms with Crippen LogP contribution in [0.4, 0.5) is 5.69 Å². The summed E-state index contributed by atoms with van der Waals surface area (Å²) in [5, 5.41) is 0. The number of morpholine rings is 1. The monoisotopic (exact) mass is 334 g/mol. The molecule has 7 nitrogen and oxygen atoms in total. The van der Waals surface area contributed by atoms with E-state index in [4.69, 9.17) is 4.74 Å². The SMILES string of the molecule is CC1COCCN1S(=O)(=O)c1cccc(NS(C)(=O)=O)c1. The van der Waals surface area contributed by atoms with Crippen LogP contribution < -0.4 is 4.72 Å². The fourth-order valence-corrected chi connectivity index (χ4v) is 4.34. The fraction of sp³-hybridized carbons (Fsp3) is 0.500. The lowest BCUT2D eigenvalue weighted by atomic mass is 10.3. The van der Waals surface area contributed by atoms with Crippen molar-refractivity contribution in [2.45, 2.75) is 17.9 Å². The van der Waals surface area contributed by atoms with E-state index in [9.17, 15) is 16.8 Å². The molecular weight excluding hydrogens is 316 g/mol. The summed E-state index contributed by atoms with van der Waals surface area (Å²) in [4.78, 5) is 0.0601. The van der Waals surface area contributed by atoms with E-state index in [1.165, 1.54) is 28.6 Å². The van der Waals surface area contributed by atoms with Crippen molar-refractivity contribution in [1.29, 1.82) is 0 Å². The molecule has 1 unspecified atom stereocenters. The van der Waals surface area contributed by atoms with Crippen LogP contribution in [-0.2, 0) is 24.8 Å². The number of benzene rings is 1. The van der Waals surface area contributed by atoms with Crippen molar-refractivity contribution in [2.75, 3.05) is 30.7 Å². The van der Waals surface area contributed by atoms with Crippen LogP contribution in [0.15, 0.2) is 29.2 Å². The van der Waals surface area contributed by atoms with Gasteiger partial charge in [-0.1, -0.05) is 6.07 Å². The van der Waals surface area contributed by atoms with Crippen molar-refractivity contribution in [3.63, 3.8) is 0 Å². The number of nitrogens with one attached hydrogen (secondary N) is 1. The van der Waals surface area contributed by atoms with Gasteiger partial charge in [0.2, 0.25) is 20.0 Å². The van der Waals surface area contributed by atoms with Crippen LogP contribution in [0.2, 0.25) is 0 Å². The zero-order valence-electron chi connectivity index (χ0n) is 11.8. The van der Waals surface area contributed by atoms with Gasteiger partial charge in [0.05, 0.1) is 24.4 Å². The Bertz CT molecular complexity index is 715. The number of sulfonamides is 2. The van der Waals surface area contributed by atoms with E-state index in [2.05, 4.69) is 4.72 Å². The smallest absolute Gasteiger partial charge is 0.243 e. The summed E-state index contributed by atoms with van der Waals surface area (Å²) in [5.41, 5.74) is 0.222. The number of hydrogen-bond acceptors (Lipinski definition) is 5. The van der Waals surface area contributed by atoms with Crippen molar-refractivity contribution < 1.29 is 21.6 Å². The third-order valence-electron chi connectivity index (χ3n) is 3.05. The van der Waals surface area contributed by atoms with Gasteiger partial charge in [-0.3, -0.25) is 4.72 Å². The normalized spacial score (nSPS) is 21.1. The Balaban J connectivity index is 2.34. The molecule has 0 bridgehead atoms. The number of hydrogen-bond donors (Lipinski definition) is 1. The van der Waals surface area contributed by atoms with Crippen LogP contribution in [0, 0.1) is 0 Å². The van der Waals surface area contributed by atoms with Gasteiger partial charge >= 0.3 is 0 Å². The van der Waals surface area contributed by atoms with Gasteiger partial charge in [0.15, 0.2) is 0 Å². The molecule has 0 saturated carbocycles. The zero-order chi connectivity index (χ0) is 15.7. The highest BCUT2D eigenvalue weighted by Crippen LogP contribution is 2.23. The van der Waals surface area contributed by atoms with E-state index in [1.54, 1.807) is 6.92 Å². The average molecular weight is 334 g/mol. The minimum Gasteiger partial charge on any atom is -0.378 e. The second-order valence-corrected chi connectivity index (χ2v) is 8.58. The molecule has 1 fully saturated rings. The van der Waals surface area contributed by atoms with E-state index >= 15 is 0 Å². The van der Waals surface area contributed by atoms with Crippen LogP contribution in [0.3, 0.4) is 0 Å². The van der Waals surface area contributed by atoms with E-state index in [1.807, 2.05) is 0 Å². The quantitative estimate of drug-likeness (QED) is 0.864. The lowest BCUT2D eigenvalue weighted by molar-refractivity contribution is 0.0393. The van der Waals surface area contributed by atoms with Gasteiger partial charge in [-0.15, -0.1) is 0 Å². The predicted octanol–water partition coefficient (Wildman–Crippen LogP) is 0.467. The molecule has 1 heterocycles. The molecule has 1 atom stereocenters. The van der Waals surface area contributed by atoms with Crippen LogP contribution in [0.1, 0.15) is 6.92 Å². The number of anilines is 1. The zero-order valence-corrected chi connectivity index (χ0v) is 13.4. The second kappa shape index (κ2) is 5.91. The molecule has 0 spiro atoms. The highest BCUT2D eigenvalue weighted by Gasteiger charge is 2.31. The van der Waals surface area contributed by atoms with E-state index in [0.29, 0.717) is 13.2 Å². The van der Waals surface area contributed by atoms with Crippen LogP contribution in [0.25, 0.3) is 0 Å². The maximum atomic E-state index is 12.6. The first kappa shape index (κ1) is 16.2. The lowest BCUT2D eigenvalue weighted by Gasteiger charge is -2.32. The first-order valence-corrected chi connectivity index (χ1v) is 9.71. The first-order chi connectivity index (χ1) is 9.70. The van der Waals surface area contributed by atoms with Gasteiger partial charge in [-0.2, -0.15) is 4.31 Å². The average Bonchev–Trinajstić information content (AvgIpc) is 2.37. The molecule has 1 aromatic carbocycles. The van der Waals surface area contributed by atoms with Gasteiger partial charge in [-0.05, 0) is 25.1 Å². The Hall–Kier alpha value is -1.16. The fourth-order valence-electron chi connectivity index (χ4n) is 2.14. The molecule has 21 heavy (non-hydrogen) atoms. The molecule has 0 amide bonds. The molecule has 0 aliphatic carbocycles. The van der Waals surface area contributed by atoms with Crippen molar-refractivity contribution in [3.8, 4) is 0 Å². The molecule has 118 valence electrons. The first-order valence-electron chi connectivity index (χ1n) is 6.37.